The van der Waals surface area contributed by atoms with Crippen LogP contribution >= 0.6 is 0 Å². The zero-order valence-electron chi connectivity index (χ0n) is 22.2. The number of amides is 2. The summed E-state index contributed by atoms with van der Waals surface area (Å²) in [6.07, 6.45) is 1.56. The largest absolute Gasteiger partial charge is 0.494 e. The number of anilines is 1. The Morgan fingerprint density at radius 3 is 2.14 bits per heavy atom. The lowest BCUT2D eigenvalue weighted by molar-refractivity contribution is -0.140. The highest BCUT2D eigenvalue weighted by Crippen LogP contribution is 2.22. The van der Waals surface area contributed by atoms with E-state index in [9.17, 15) is 18.0 Å². The van der Waals surface area contributed by atoms with Gasteiger partial charge in [-0.05, 0) is 70.9 Å². The minimum Gasteiger partial charge on any atom is -0.494 e. The molecule has 2 amide bonds. The summed E-state index contributed by atoms with van der Waals surface area (Å²) >= 11 is 0. The molecule has 9 heteroatoms. The smallest absolute Gasteiger partial charge is 0.242 e. The van der Waals surface area contributed by atoms with Crippen molar-refractivity contribution in [2.75, 3.05) is 23.7 Å². The summed E-state index contributed by atoms with van der Waals surface area (Å²) in [5.74, 6) is 0.227. The van der Waals surface area contributed by atoms with Gasteiger partial charge in [0.15, 0.2) is 0 Å². The molecule has 0 radical (unpaired) electrons. The Morgan fingerprint density at radius 1 is 1.00 bits per heavy atom. The van der Waals surface area contributed by atoms with Crippen molar-refractivity contribution in [1.82, 2.24) is 10.2 Å². The summed E-state index contributed by atoms with van der Waals surface area (Å²) < 4.78 is 31.7. The Balaban J connectivity index is 2.14. The van der Waals surface area contributed by atoms with E-state index in [1.807, 2.05) is 52.0 Å². The highest BCUT2D eigenvalue weighted by Gasteiger charge is 2.27. The van der Waals surface area contributed by atoms with Crippen molar-refractivity contribution >= 4 is 27.5 Å². The van der Waals surface area contributed by atoms with Crippen molar-refractivity contribution in [3.8, 4) is 5.75 Å². The molecule has 0 spiro atoms. The predicted octanol–water partition coefficient (Wildman–Crippen LogP) is 3.88. The molecule has 0 saturated heterocycles. The van der Waals surface area contributed by atoms with Crippen LogP contribution in [0.15, 0.2) is 48.5 Å². The number of rotatable bonds is 13. The van der Waals surface area contributed by atoms with Gasteiger partial charge in [0, 0.05) is 25.6 Å². The number of carbonyl (C=O) groups excluding carboxylic acids is 2. The van der Waals surface area contributed by atoms with Gasteiger partial charge in [0.05, 0.1) is 18.6 Å². The van der Waals surface area contributed by atoms with Gasteiger partial charge in [-0.15, -0.1) is 0 Å². The van der Waals surface area contributed by atoms with E-state index in [4.69, 9.17) is 4.74 Å². The molecule has 198 valence electrons. The third-order valence-corrected chi connectivity index (χ3v) is 6.85. The maximum atomic E-state index is 13.3. The van der Waals surface area contributed by atoms with Crippen LogP contribution in [-0.2, 0) is 26.2 Å². The van der Waals surface area contributed by atoms with E-state index < -0.39 is 16.1 Å². The van der Waals surface area contributed by atoms with Gasteiger partial charge in [0.1, 0.15) is 11.8 Å². The minimum atomic E-state index is -3.55. The number of sulfonamides is 1. The molecule has 0 fully saturated rings. The monoisotopic (exact) mass is 517 g/mol. The van der Waals surface area contributed by atoms with E-state index in [2.05, 4.69) is 5.32 Å². The van der Waals surface area contributed by atoms with Gasteiger partial charge in [-0.3, -0.25) is 13.9 Å². The zero-order chi connectivity index (χ0) is 26.9. The van der Waals surface area contributed by atoms with Crippen molar-refractivity contribution in [3.63, 3.8) is 0 Å². The second-order valence-electron chi connectivity index (χ2n) is 9.21. The fraction of sp³-hybridized carbons (Fsp3) is 0.481. The molecule has 0 aliphatic heterocycles. The van der Waals surface area contributed by atoms with Crippen LogP contribution in [0.1, 0.15) is 51.7 Å². The first-order valence-corrected chi connectivity index (χ1v) is 14.1. The predicted molar refractivity (Wildman–Crippen MR) is 144 cm³/mol. The second-order valence-corrected chi connectivity index (χ2v) is 11.1. The Hall–Kier alpha value is -3.07. The normalized spacial score (nSPS) is 12.2. The zero-order valence-corrected chi connectivity index (χ0v) is 23.0. The average Bonchev–Trinajstić information content (AvgIpc) is 2.80. The molecule has 36 heavy (non-hydrogen) atoms. The lowest BCUT2D eigenvalue weighted by Gasteiger charge is -2.30. The van der Waals surface area contributed by atoms with E-state index in [1.165, 1.54) is 4.31 Å². The number of ether oxygens (including phenoxy) is 1. The quantitative estimate of drug-likeness (QED) is 0.435. The van der Waals surface area contributed by atoms with Gasteiger partial charge in [-0.2, -0.15) is 0 Å². The molecule has 2 rings (SSSR count). The average molecular weight is 518 g/mol. The maximum absolute atomic E-state index is 13.3. The molecule has 0 aliphatic carbocycles. The van der Waals surface area contributed by atoms with Crippen LogP contribution in [0.5, 0.6) is 5.75 Å². The molecule has 0 bridgehead atoms. The summed E-state index contributed by atoms with van der Waals surface area (Å²) in [5, 5.41) is 2.87. The molecule has 1 N–H and O–H groups in total. The maximum Gasteiger partial charge on any atom is 0.242 e. The van der Waals surface area contributed by atoms with Crippen molar-refractivity contribution in [1.29, 1.82) is 0 Å². The topological polar surface area (TPSA) is 96.0 Å². The standard InChI is InChI=1S/C27H39N3O5S/c1-7-35-25-16-14-24(15-17-25)30(36(6,33)34)18-8-9-26(31)29(22(5)27(32)28-20(2)3)19-23-12-10-21(4)11-13-23/h10-17,20,22H,7-9,18-19H2,1-6H3,(H,28,32). The number of nitrogens with zero attached hydrogens (tertiary/aromatic N) is 2. The molecule has 1 atom stereocenters. The van der Waals surface area contributed by atoms with Gasteiger partial charge in [0.25, 0.3) is 0 Å². The highest BCUT2D eigenvalue weighted by molar-refractivity contribution is 7.92. The Labute approximate surface area is 215 Å². The summed E-state index contributed by atoms with van der Waals surface area (Å²) in [4.78, 5) is 27.6. The molecular formula is C27H39N3O5S. The summed E-state index contributed by atoms with van der Waals surface area (Å²) in [6, 6.07) is 13.9. The van der Waals surface area contributed by atoms with E-state index in [0.717, 1.165) is 17.4 Å². The number of hydrogen-bond acceptors (Lipinski definition) is 5. The molecular weight excluding hydrogens is 478 g/mol. The van der Waals surface area contributed by atoms with Crippen molar-refractivity contribution in [2.24, 2.45) is 0 Å². The van der Waals surface area contributed by atoms with E-state index >= 15 is 0 Å². The fourth-order valence-electron chi connectivity index (χ4n) is 3.76. The lowest BCUT2D eigenvalue weighted by atomic mass is 10.1. The number of nitrogens with one attached hydrogen (secondary N) is 1. The Kier molecular flexibility index (Phi) is 10.8. The number of carbonyl (C=O) groups is 2. The molecule has 8 nitrogen and oxygen atoms in total. The van der Waals surface area contributed by atoms with Gasteiger partial charge < -0.3 is 15.0 Å². The SMILES string of the molecule is CCOc1ccc(N(CCCC(=O)N(Cc2ccc(C)cc2)C(C)C(=O)NC(C)C)S(C)(=O)=O)cc1. The second kappa shape index (κ2) is 13.3. The number of aryl methyl sites for hydroxylation is 1. The first kappa shape index (κ1) is 29.2. The number of benzene rings is 2. The minimum absolute atomic E-state index is 0.0475. The van der Waals surface area contributed by atoms with Crippen LogP contribution < -0.4 is 14.4 Å². The molecule has 1 unspecified atom stereocenters. The van der Waals surface area contributed by atoms with E-state index in [0.29, 0.717) is 31.0 Å². The highest BCUT2D eigenvalue weighted by atomic mass is 32.2. The third kappa shape index (κ3) is 8.86. The summed E-state index contributed by atoms with van der Waals surface area (Å²) in [5.41, 5.74) is 2.54. The van der Waals surface area contributed by atoms with Crippen LogP contribution in [0.25, 0.3) is 0 Å². The van der Waals surface area contributed by atoms with Gasteiger partial charge >= 0.3 is 0 Å². The first-order valence-electron chi connectivity index (χ1n) is 12.3. The van der Waals surface area contributed by atoms with Crippen molar-refractivity contribution in [2.45, 2.75) is 66.1 Å². The molecule has 0 aromatic heterocycles. The molecule has 0 heterocycles. The van der Waals surface area contributed by atoms with Crippen LogP contribution in [0, 0.1) is 6.92 Å². The van der Waals surface area contributed by atoms with Crippen LogP contribution in [0.4, 0.5) is 5.69 Å². The first-order chi connectivity index (χ1) is 16.9. The fourth-order valence-corrected chi connectivity index (χ4v) is 4.72. The van der Waals surface area contributed by atoms with Gasteiger partial charge in [0.2, 0.25) is 21.8 Å². The van der Waals surface area contributed by atoms with Gasteiger partial charge in [-0.25, -0.2) is 8.42 Å². The van der Waals surface area contributed by atoms with Crippen molar-refractivity contribution < 1.29 is 22.7 Å². The van der Waals surface area contributed by atoms with Crippen LogP contribution in [0.2, 0.25) is 0 Å². The van der Waals surface area contributed by atoms with E-state index in [1.54, 1.807) is 36.1 Å². The Bertz CT molecular complexity index is 1100. The lowest BCUT2D eigenvalue weighted by Crippen LogP contribution is -2.49. The summed E-state index contributed by atoms with van der Waals surface area (Å²) in [7, 11) is -3.55. The van der Waals surface area contributed by atoms with E-state index in [-0.39, 0.29) is 30.8 Å². The molecule has 2 aromatic rings. The Morgan fingerprint density at radius 2 is 1.61 bits per heavy atom. The van der Waals surface area contributed by atoms with Gasteiger partial charge in [-0.1, -0.05) is 29.8 Å². The van der Waals surface area contributed by atoms with Crippen LogP contribution in [0.3, 0.4) is 0 Å². The molecule has 0 aliphatic rings. The third-order valence-electron chi connectivity index (χ3n) is 5.66. The van der Waals surface area contributed by atoms with Crippen LogP contribution in [-0.4, -0.2) is 56.6 Å². The van der Waals surface area contributed by atoms with Crippen molar-refractivity contribution in [3.05, 3.63) is 59.7 Å². The molecule has 2 aromatic carbocycles. The number of hydrogen-bond donors (Lipinski definition) is 1. The molecule has 0 saturated carbocycles. The summed E-state index contributed by atoms with van der Waals surface area (Å²) in [6.45, 7) is 10.3.